The Bertz CT molecular complexity index is 808. The summed E-state index contributed by atoms with van der Waals surface area (Å²) in [6.45, 7) is 2.38. The zero-order valence-corrected chi connectivity index (χ0v) is 15.4. The van der Waals surface area contributed by atoms with E-state index in [1.807, 2.05) is 61.5 Å². The summed E-state index contributed by atoms with van der Waals surface area (Å²) in [4.78, 5) is 26.5. The topological polar surface area (TPSA) is 49.4 Å². The maximum absolute atomic E-state index is 12.6. The fraction of sp³-hybridized carbons (Fsp3) is 0.211. The number of nitrogens with one attached hydrogen (secondary N) is 1. The van der Waals surface area contributed by atoms with Crippen LogP contribution in [0.4, 0.5) is 5.69 Å². The molecule has 4 nitrogen and oxygen atoms in total. The van der Waals surface area contributed by atoms with Crippen molar-refractivity contribution < 1.29 is 9.59 Å². The van der Waals surface area contributed by atoms with Gasteiger partial charge in [-0.1, -0.05) is 72.5 Å². The highest BCUT2D eigenvalue weighted by Crippen LogP contribution is 2.31. The smallest absolute Gasteiger partial charge is 0.242 e. The molecule has 25 heavy (non-hydrogen) atoms. The van der Waals surface area contributed by atoms with Crippen molar-refractivity contribution >= 4 is 45.8 Å². The van der Waals surface area contributed by atoms with Crippen LogP contribution < -0.4 is 5.32 Å². The Labute approximate surface area is 156 Å². The maximum Gasteiger partial charge on any atom is 0.242 e. The molecule has 1 heterocycles. The van der Waals surface area contributed by atoms with Crippen LogP contribution in [0, 0.1) is 6.92 Å². The Morgan fingerprint density at radius 2 is 1.84 bits per heavy atom. The van der Waals surface area contributed by atoms with Gasteiger partial charge >= 0.3 is 0 Å². The summed E-state index contributed by atoms with van der Waals surface area (Å²) in [7, 11) is 0. The molecule has 2 aromatic carbocycles. The summed E-state index contributed by atoms with van der Waals surface area (Å²) < 4.78 is 0.530. The molecule has 3 rings (SSSR count). The molecule has 1 N–H and O–H groups in total. The molecule has 1 saturated heterocycles. The molecule has 0 bridgehead atoms. The van der Waals surface area contributed by atoms with Crippen molar-refractivity contribution in [2.24, 2.45) is 0 Å². The maximum atomic E-state index is 12.6. The Balaban J connectivity index is 1.62. The van der Waals surface area contributed by atoms with Crippen LogP contribution >= 0.6 is 24.0 Å². The van der Waals surface area contributed by atoms with Gasteiger partial charge in [-0.2, -0.15) is 0 Å². The third-order valence-corrected chi connectivity index (χ3v) is 5.56. The van der Waals surface area contributed by atoms with Gasteiger partial charge in [0.2, 0.25) is 11.8 Å². The van der Waals surface area contributed by atoms with E-state index in [-0.39, 0.29) is 18.2 Å². The van der Waals surface area contributed by atoms with Gasteiger partial charge in [-0.25, -0.2) is 0 Å². The van der Waals surface area contributed by atoms with Crippen molar-refractivity contribution in [1.29, 1.82) is 0 Å². The molecule has 1 unspecified atom stereocenters. The Kier molecular flexibility index (Phi) is 5.50. The van der Waals surface area contributed by atoms with Crippen LogP contribution in [-0.2, 0) is 16.1 Å². The molecule has 1 fully saturated rings. The minimum Gasteiger partial charge on any atom is -0.326 e. The minimum atomic E-state index is -0.458. The van der Waals surface area contributed by atoms with Crippen LogP contribution in [0.25, 0.3) is 0 Å². The lowest BCUT2D eigenvalue weighted by molar-refractivity contribution is -0.128. The molecule has 2 aromatic rings. The zero-order valence-electron chi connectivity index (χ0n) is 13.8. The second kappa shape index (κ2) is 7.80. The van der Waals surface area contributed by atoms with Crippen LogP contribution in [0.5, 0.6) is 0 Å². The quantitative estimate of drug-likeness (QED) is 0.815. The molecule has 1 atom stereocenters. The number of rotatable bonds is 5. The normalized spacial score (nSPS) is 17.0. The number of para-hydroxylation sites is 1. The highest BCUT2D eigenvalue weighted by molar-refractivity contribution is 8.24. The number of nitrogens with zero attached hydrogens (tertiary/aromatic N) is 1. The average molecular weight is 370 g/mol. The van der Waals surface area contributed by atoms with Crippen molar-refractivity contribution in [3.8, 4) is 0 Å². The summed E-state index contributed by atoms with van der Waals surface area (Å²) in [5, 5.41) is 2.41. The zero-order chi connectivity index (χ0) is 17.8. The molecule has 128 valence electrons. The molecule has 1 aliphatic heterocycles. The number of thiocarbonyl (C=S) groups is 1. The lowest BCUT2D eigenvalue weighted by Crippen LogP contribution is -2.32. The number of benzene rings is 2. The van der Waals surface area contributed by atoms with E-state index < -0.39 is 5.25 Å². The summed E-state index contributed by atoms with van der Waals surface area (Å²) in [6.07, 6.45) is 0.114. The SMILES string of the molecule is Cc1ccccc1NC(=O)CC1SC(=S)N(Cc2ccccc2)C1=O. The number of amides is 2. The van der Waals surface area contributed by atoms with Crippen LogP contribution in [-0.4, -0.2) is 26.3 Å². The Hall–Kier alpha value is -2.18. The molecule has 2 amide bonds. The molecule has 6 heteroatoms. The first kappa shape index (κ1) is 17.6. The summed E-state index contributed by atoms with van der Waals surface area (Å²) >= 11 is 6.62. The predicted octanol–water partition coefficient (Wildman–Crippen LogP) is 3.75. The van der Waals surface area contributed by atoms with E-state index in [1.54, 1.807) is 4.90 Å². The largest absolute Gasteiger partial charge is 0.326 e. The van der Waals surface area contributed by atoms with Gasteiger partial charge in [0.25, 0.3) is 0 Å². The van der Waals surface area contributed by atoms with Gasteiger partial charge in [0.1, 0.15) is 4.32 Å². The van der Waals surface area contributed by atoms with E-state index >= 15 is 0 Å². The molecular formula is C19H18N2O2S2. The fourth-order valence-corrected chi connectivity index (χ4v) is 4.11. The minimum absolute atomic E-state index is 0.0983. The van der Waals surface area contributed by atoms with Gasteiger partial charge in [-0.15, -0.1) is 0 Å². The second-order valence-electron chi connectivity index (χ2n) is 5.85. The first-order valence-electron chi connectivity index (χ1n) is 7.96. The van der Waals surface area contributed by atoms with Gasteiger partial charge in [-0.3, -0.25) is 14.5 Å². The van der Waals surface area contributed by atoms with Crippen molar-refractivity contribution in [3.05, 3.63) is 65.7 Å². The van der Waals surface area contributed by atoms with E-state index in [9.17, 15) is 9.59 Å². The monoisotopic (exact) mass is 370 g/mol. The van der Waals surface area contributed by atoms with Gasteiger partial charge in [0.05, 0.1) is 11.8 Å². The van der Waals surface area contributed by atoms with E-state index in [4.69, 9.17) is 12.2 Å². The Morgan fingerprint density at radius 3 is 2.56 bits per heavy atom. The van der Waals surface area contributed by atoms with Crippen LogP contribution in [0.15, 0.2) is 54.6 Å². The Morgan fingerprint density at radius 1 is 1.16 bits per heavy atom. The summed E-state index contributed by atoms with van der Waals surface area (Å²) in [6, 6.07) is 17.3. The van der Waals surface area contributed by atoms with Crippen molar-refractivity contribution in [2.45, 2.75) is 25.1 Å². The number of hydrogen-bond donors (Lipinski definition) is 1. The third-order valence-electron chi connectivity index (χ3n) is 3.98. The summed E-state index contributed by atoms with van der Waals surface area (Å²) in [5.41, 5.74) is 2.78. The van der Waals surface area contributed by atoms with E-state index in [1.165, 1.54) is 11.8 Å². The number of thioether (sulfide) groups is 1. The van der Waals surface area contributed by atoms with Crippen LogP contribution in [0.3, 0.4) is 0 Å². The lowest BCUT2D eigenvalue weighted by Gasteiger charge is -2.15. The number of anilines is 1. The van der Waals surface area contributed by atoms with E-state index in [0.29, 0.717) is 10.9 Å². The molecule has 0 aromatic heterocycles. The molecular weight excluding hydrogens is 352 g/mol. The number of carbonyl (C=O) groups is 2. The van der Waals surface area contributed by atoms with Crippen LogP contribution in [0.1, 0.15) is 17.5 Å². The van der Waals surface area contributed by atoms with Crippen LogP contribution in [0.2, 0.25) is 0 Å². The van der Waals surface area contributed by atoms with Crippen molar-refractivity contribution in [1.82, 2.24) is 4.90 Å². The number of aryl methyl sites for hydroxylation is 1. The molecule has 0 radical (unpaired) electrons. The number of carbonyl (C=O) groups excluding carboxylic acids is 2. The predicted molar refractivity (Wildman–Crippen MR) is 105 cm³/mol. The fourth-order valence-electron chi connectivity index (χ4n) is 2.62. The summed E-state index contributed by atoms with van der Waals surface area (Å²) in [5.74, 6) is -0.275. The average Bonchev–Trinajstić information content (AvgIpc) is 2.85. The third kappa shape index (κ3) is 4.27. The van der Waals surface area contributed by atoms with E-state index in [2.05, 4.69) is 5.32 Å². The highest BCUT2D eigenvalue weighted by Gasteiger charge is 2.38. The first-order valence-corrected chi connectivity index (χ1v) is 9.25. The molecule has 0 spiro atoms. The number of hydrogen-bond acceptors (Lipinski definition) is 4. The van der Waals surface area contributed by atoms with Gasteiger partial charge in [0, 0.05) is 12.1 Å². The highest BCUT2D eigenvalue weighted by atomic mass is 32.2. The molecule has 1 aliphatic rings. The lowest BCUT2D eigenvalue weighted by atomic mass is 10.2. The standard InChI is InChI=1S/C19H18N2O2S2/c1-13-7-5-6-10-15(13)20-17(22)11-16-18(23)21(19(24)25-16)12-14-8-3-2-4-9-14/h2-10,16H,11-12H2,1H3,(H,20,22). The van der Waals surface area contributed by atoms with Gasteiger partial charge in [0.15, 0.2) is 0 Å². The first-order chi connectivity index (χ1) is 12.0. The van der Waals surface area contributed by atoms with E-state index in [0.717, 1.165) is 16.8 Å². The van der Waals surface area contributed by atoms with Gasteiger partial charge in [-0.05, 0) is 24.1 Å². The molecule has 0 saturated carbocycles. The second-order valence-corrected chi connectivity index (χ2v) is 7.69. The van der Waals surface area contributed by atoms with Crippen molar-refractivity contribution in [3.63, 3.8) is 0 Å². The molecule has 0 aliphatic carbocycles. The van der Waals surface area contributed by atoms with Crippen molar-refractivity contribution in [2.75, 3.05) is 5.32 Å². The van der Waals surface area contributed by atoms with Gasteiger partial charge < -0.3 is 5.32 Å².